The zero-order chi connectivity index (χ0) is 25.6. The van der Waals surface area contributed by atoms with E-state index in [0.717, 1.165) is 61.6 Å². The van der Waals surface area contributed by atoms with Gasteiger partial charge in [-0.05, 0) is 58.1 Å². The molecule has 1 aliphatic carbocycles. The first-order chi connectivity index (χ1) is 16.8. The van der Waals surface area contributed by atoms with Crippen molar-refractivity contribution in [1.82, 2.24) is 20.4 Å². The lowest BCUT2D eigenvalue weighted by atomic mass is 9.96. The molecule has 194 valence electrons. The van der Waals surface area contributed by atoms with Crippen LogP contribution in [-0.2, 0) is 5.41 Å². The van der Waals surface area contributed by atoms with Crippen molar-refractivity contribution in [3.05, 3.63) is 28.5 Å². The molecule has 0 unspecified atom stereocenters. The predicted molar refractivity (Wildman–Crippen MR) is 144 cm³/mol. The van der Waals surface area contributed by atoms with Crippen LogP contribution in [0.5, 0.6) is 0 Å². The Bertz CT molecular complexity index is 978. The summed E-state index contributed by atoms with van der Waals surface area (Å²) in [7, 11) is 1.93. The molecule has 2 aromatic rings. The summed E-state index contributed by atoms with van der Waals surface area (Å²) in [6.07, 6.45) is 9.00. The van der Waals surface area contributed by atoms with E-state index in [1.54, 1.807) is 6.92 Å². The smallest absolute Gasteiger partial charge is 0.223 e. The van der Waals surface area contributed by atoms with Crippen molar-refractivity contribution < 1.29 is 9.18 Å². The van der Waals surface area contributed by atoms with Crippen molar-refractivity contribution in [3.63, 3.8) is 0 Å². The Morgan fingerprint density at radius 2 is 1.91 bits per heavy atom. The quantitative estimate of drug-likeness (QED) is 0.384. The Labute approximate surface area is 214 Å². The average Bonchev–Trinajstić information content (AvgIpc) is 3.55. The highest BCUT2D eigenvalue weighted by Gasteiger charge is 2.46. The molecule has 0 spiro atoms. The van der Waals surface area contributed by atoms with E-state index in [1.165, 1.54) is 30.4 Å². The second-order valence-corrected chi connectivity index (χ2v) is 11.0. The van der Waals surface area contributed by atoms with E-state index in [9.17, 15) is 9.18 Å². The van der Waals surface area contributed by atoms with Gasteiger partial charge in [-0.2, -0.15) is 0 Å². The Hall–Kier alpha value is -1.90. The summed E-state index contributed by atoms with van der Waals surface area (Å²) in [6, 6.07) is 2.08. The normalized spacial score (nSPS) is 17.7. The summed E-state index contributed by atoms with van der Waals surface area (Å²) in [5.41, 5.74) is 4.25. The van der Waals surface area contributed by atoms with Gasteiger partial charge >= 0.3 is 0 Å². The summed E-state index contributed by atoms with van der Waals surface area (Å²) in [6.45, 7) is 12.4. The van der Waals surface area contributed by atoms with Crippen molar-refractivity contribution in [3.8, 4) is 10.6 Å². The van der Waals surface area contributed by atoms with Crippen molar-refractivity contribution >= 4 is 23.1 Å². The van der Waals surface area contributed by atoms with E-state index >= 15 is 0 Å². The largest absolute Gasteiger partial charge is 0.351 e. The molecule has 3 heterocycles. The second kappa shape index (κ2) is 12.4. The van der Waals surface area contributed by atoms with E-state index in [1.807, 2.05) is 13.1 Å². The fraction of sp³-hybridized carbons (Fsp3) is 0.667. The van der Waals surface area contributed by atoms with Gasteiger partial charge in [-0.1, -0.05) is 40.5 Å². The number of piperidine rings is 1. The third-order valence-electron chi connectivity index (χ3n) is 7.64. The monoisotopic (exact) mass is 503 g/mol. The van der Waals surface area contributed by atoms with Gasteiger partial charge in [0.05, 0.1) is 11.1 Å². The number of rotatable bonds is 9. The first-order valence-corrected chi connectivity index (χ1v) is 13.9. The molecule has 8 heteroatoms. The number of Topliss-reactive ketones (excluding diaryl/α,β-unsaturated/α-hetero) is 1. The highest BCUT2D eigenvalue weighted by Crippen LogP contribution is 2.55. The minimum absolute atomic E-state index is 0.0336. The number of carbonyl (C=O) groups excluding carboxylic acids is 1. The zero-order valence-corrected chi connectivity index (χ0v) is 23.0. The number of hydrogen-bond acceptors (Lipinski definition) is 7. The maximum Gasteiger partial charge on any atom is 0.223 e. The number of aromatic nitrogens is 2. The number of nitrogens with one attached hydrogen (secondary N) is 2. The molecule has 0 aromatic carbocycles. The van der Waals surface area contributed by atoms with Gasteiger partial charge < -0.3 is 5.32 Å². The van der Waals surface area contributed by atoms with E-state index in [2.05, 4.69) is 53.4 Å². The van der Waals surface area contributed by atoms with Crippen LogP contribution in [0.1, 0.15) is 94.8 Å². The van der Waals surface area contributed by atoms with Crippen LogP contribution in [0.4, 0.5) is 10.3 Å². The van der Waals surface area contributed by atoms with Crippen LogP contribution >= 0.6 is 11.3 Å². The molecule has 0 amide bonds. The first-order valence-electron chi connectivity index (χ1n) is 13.1. The molecular formula is C27H42FN5OS. The molecule has 1 saturated heterocycles. The first kappa shape index (κ1) is 27.7. The van der Waals surface area contributed by atoms with Crippen LogP contribution in [0.25, 0.3) is 10.6 Å². The standard InChI is InChI=1S/C21H28FN5OS.C6H14/c1-4-21(7-8-21)19-15(13(2)28)11-17(29-19)18-16(22)12-24-20(26-18)25-14-5-9-27(23-3)10-6-14;1-4-6(3)5-2/h11-12,14,23H,4-10H2,1-3H3,(H,24,25,26);6H,4-5H2,1-3H3. The van der Waals surface area contributed by atoms with E-state index in [0.29, 0.717) is 10.8 Å². The van der Waals surface area contributed by atoms with E-state index < -0.39 is 5.82 Å². The number of thiophene rings is 1. The average molecular weight is 504 g/mol. The van der Waals surface area contributed by atoms with Gasteiger partial charge in [-0.15, -0.1) is 11.3 Å². The number of hydrazine groups is 1. The molecule has 6 nitrogen and oxygen atoms in total. The molecule has 0 radical (unpaired) electrons. The van der Waals surface area contributed by atoms with E-state index in [-0.39, 0.29) is 22.9 Å². The lowest BCUT2D eigenvalue weighted by Gasteiger charge is -2.31. The third kappa shape index (κ3) is 6.86. The molecule has 35 heavy (non-hydrogen) atoms. The lowest BCUT2D eigenvalue weighted by molar-refractivity contribution is 0.101. The van der Waals surface area contributed by atoms with Gasteiger partial charge in [0.25, 0.3) is 0 Å². The summed E-state index contributed by atoms with van der Waals surface area (Å²) >= 11 is 1.51. The van der Waals surface area contributed by atoms with E-state index in [4.69, 9.17) is 0 Å². The Kier molecular flexibility index (Phi) is 9.78. The van der Waals surface area contributed by atoms with Crippen LogP contribution in [0.15, 0.2) is 12.3 Å². The number of halogens is 1. The molecule has 1 saturated carbocycles. The van der Waals surface area contributed by atoms with Crippen LogP contribution in [0, 0.1) is 11.7 Å². The molecule has 2 N–H and O–H groups in total. The molecule has 0 bridgehead atoms. The van der Waals surface area contributed by atoms with Crippen molar-refractivity contribution in [2.75, 3.05) is 25.5 Å². The van der Waals surface area contributed by atoms with Gasteiger partial charge in [0.1, 0.15) is 5.69 Å². The summed E-state index contributed by atoms with van der Waals surface area (Å²) in [4.78, 5) is 22.7. The summed E-state index contributed by atoms with van der Waals surface area (Å²) in [5.74, 6) is 0.960. The molecule has 1 aliphatic heterocycles. The highest BCUT2D eigenvalue weighted by atomic mass is 32.1. The number of ketones is 1. The van der Waals surface area contributed by atoms with Crippen molar-refractivity contribution in [2.45, 2.75) is 91.0 Å². The minimum atomic E-state index is -0.454. The van der Waals surface area contributed by atoms with Gasteiger partial charge in [0, 0.05) is 35.0 Å². The van der Waals surface area contributed by atoms with Gasteiger partial charge in [-0.25, -0.2) is 19.4 Å². The summed E-state index contributed by atoms with van der Waals surface area (Å²) in [5, 5.41) is 5.53. The molecule has 2 aliphatic rings. The summed E-state index contributed by atoms with van der Waals surface area (Å²) < 4.78 is 14.6. The zero-order valence-electron chi connectivity index (χ0n) is 22.2. The molecule has 0 atom stereocenters. The van der Waals surface area contributed by atoms with Gasteiger partial charge in [0.15, 0.2) is 11.6 Å². The van der Waals surface area contributed by atoms with Crippen LogP contribution < -0.4 is 10.7 Å². The molecule has 2 aromatic heterocycles. The third-order valence-corrected chi connectivity index (χ3v) is 9.03. The predicted octanol–water partition coefficient (Wildman–Crippen LogP) is 6.44. The number of hydrogen-bond donors (Lipinski definition) is 2. The minimum Gasteiger partial charge on any atom is -0.351 e. The number of nitrogens with zero attached hydrogens (tertiary/aromatic N) is 3. The van der Waals surface area contributed by atoms with Gasteiger partial charge in [-0.3, -0.25) is 10.2 Å². The highest BCUT2D eigenvalue weighted by molar-refractivity contribution is 7.16. The van der Waals surface area contributed by atoms with Crippen LogP contribution in [0.2, 0.25) is 0 Å². The number of anilines is 1. The maximum absolute atomic E-state index is 14.6. The SMILES string of the molecule is CCC(C)CC.CCC1(c2sc(-c3nc(NC4CCN(NC)CC4)ncc3F)cc2C(C)=O)CC1. The van der Waals surface area contributed by atoms with Crippen LogP contribution in [-0.4, -0.2) is 46.9 Å². The second-order valence-electron chi connectivity index (χ2n) is 9.98. The Morgan fingerprint density at radius 1 is 1.26 bits per heavy atom. The topological polar surface area (TPSA) is 70.2 Å². The fourth-order valence-electron chi connectivity index (χ4n) is 4.38. The van der Waals surface area contributed by atoms with Crippen molar-refractivity contribution in [1.29, 1.82) is 0 Å². The van der Waals surface area contributed by atoms with Gasteiger partial charge in [0.2, 0.25) is 5.95 Å². The Balaban J connectivity index is 0.000000509. The van der Waals surface area contributed by atoms with Crippen molar-refractivity contribution in [2.24, 2.45) is 5.92 Å². The maximum atomic E-state index is 14.6. The Morgan fingerprint density at radius 3 is 2.40 bits per heavy atom. The fourth-order valence-corrected chi connectivity index (χ4v) is 5.90. The molecular weight excluding hydrogens is 461 g/mol. The molecule has 4 rings (SSSR count). The lowest BCUT2D eigenvalue weighted by Crippen LogP contribution is -2.45. The molecule has 2 fully saturated rings. The van der Waals surface area contributed by atoms with Crippen LogP contribution in [0.3, 0.4) is 0 Å². The number of carbonyl (C=O) groups is 1.